The molecule has 1 N–H and O–H groups in total. The molecule has 0 saturated heterocycles. The smallest absolute Gasteiger partial charge is 0.358 e. The minimum Gasteiger partial charge on any atom is -0.461 e. The maximum atomic E-state index is 13.5. The summed E-state index contributed by atoms with van der Waals surface area (Å²) in [5, 5.41) is 2.92. The second-order valence-electron chi connectivity index (χ2n) is 8.01. The maximum absolute atomic E-state index is 13.5. The van der Waals surface area contributed by atoms with E-state index in [1.54, 1.807) is 18.5 Å². The summed E-state index contributed by atoms with van der Waals surface area (Å²) < 4.78 is 7.07. The number of benzene rings is 3. The van der Waals surface area contributed by atoms with Gasteiger partial charge in [-0.3, -0.25) is 4.90 Å². The molecular formula is C28H28N4O3. The highest BCUT2D eigenvalue weighted by molar-refractivity contribution is 6.05. The molecule has 0 aliphatic carbocycles. The number of hydrogen-bond donors (Lipinski definition) is 1. The van der Waals surface area contributed by atoms with Crippen molar-refractivity contribution in [2.24, 2.45) is 7.05 Å². The van der Waals surface area contributed by atoms with Gasteiger partial charge in [-0.25, -0.2) is 14.6 Å². The molecule has 0 bridgehead atoms. The molecule has 0 fully saturated rings. The molecule has 4 rings (SSSR count). The van der Waals surface area contributed by atoms with E-state index in [2.05, 4.69) is 5.32 Å². The van der Waals surface area contributed by atoms with Gasteiger partial charge in [0.25, 0.3) is 0 Å². The molecule has 178 valence electrons. The van der Waals surface area contributed by atoms with Crippen molar-refractivity contribution in [2.45, 2.75) is 19.9 Å². The molecular weight excluding hydrogens is 440 g/mol. The molecule has 7 nitrogen and oxygen atoms in total. The third-order valence-electron chi connectivity index (χ3n) is 5.55. The quantitative estimate of drug-likeness (QED) is 0.350. The highest BCUT2D eigenvalue weighted by Crippen LogP contribution is 2.26. The molecule has 0 spiro atoms. The minimum absolute atomic E-state index is 0.215. The summed E-state index contributed by atoms with van der Waals surface area (Å²) in [6.07, 6.45) is 0.503. The fourth-order valence-corrected chi connectivity index (χ4v) is 3.80. The van der Waals surface area contributed by atoms with Gasteiger partial charge in [0.2, 0.25) is 0 Å². The molecule has 2 amide bonds. The van der Waals surface area contributed by atoms with Crippen LogP contribution in [0.1, 0.15) is 34.4 Å². The summed E-state index contributed by atoms with van der Waals surface area (Å²) in [7, 11) is 1.77. The Balaban J connectivity index is 1.78. The second-order valence-corrected chi connectivity index (χ2v) is 8.01. The van der Waals surface area contributed by atoms with E-state index in [0.717, 1.165) is 11.1 Å². The van der Waals surface area contributed by atoms with Gasteiger partial charge >= 0.3 is 12.0 Å². The fraction of sp³-hybridized carbons (Fsp3) is 0.179. The van der Waals surface area contributed by atoms with Crippen molar-refractivity contribution in [2.75, 3.05) is 16.8 Å². The Kier molecular flexibility index (Phi) is 7.57. The van der Waals surface area contributed by atoms with Gasteiger partial charge in [0, 0.05) is 19.2 Å². The number of hydrogen-bond acceptors (Lipinski definition) is 4. The fourth-order valence-electron chi connectivity index (χ4n) is 3.80. The van der Waals surface area contributed by atoms with Gasteiger partial charge in [0.15, 0.2) is 11.5 Å². The number of urea groups is 1. The van der Waals surface area contributed by atoms with E-state index < -0.39 is 12.0 Å². The first-order chi connectivity index (χ1) is 17.1. The number of amides is 2. The van der Waals surface area contributed by atoms with Gasteiger partial charge < -0.3 is 14.6 Å². The van der Waals surface area contributed by atoms with Crippen LogP contribution in [0.15, 0.2) is 91.0 Å². The number of carbonyl (C=O) groups excluding carboxylic acids is 2. The van der Waals surface area contributed by atoms with E-state index in [1.807, 2.05) is 91.0 Å². The van der Waals surface area contributed by atoms with Crippen LogP contribution >= 0.6 is 0 Å². The summed E-state index contributed by atoms with van der Waals surface area (Å²) in [5.41, 5.74) is 2.83. The highest BCUT2D eigenvalue weighted by atomic mass is 16.5. The Bertz CT molecular complexity index is 1270. The predicted octanol–water partition coefficient (Wildman–Crippen LogP) is 5.43. The van der Waals surface area contributed by atoms with E-state index in [-0.39, 0.29) is 24.7 Å². The maximum Gasteiger partial charge on any atom is 0.358 e. The van der Waals surface area contributed by atoms with Crippen LogP contribution in [-0.2, 0) is 24.8 Å². The van der Waals surface area contributed by atoms with Crippen molar-refractivity contribution in [3.8, 4) is 0 Å². The van der Waals surface area contributed by atoms with Crippen LogP contribution in [0.3, 0.4) is 0 Å². The topological polar surface area (TPSA) is 76.5 Å². The normalized spacial score (nSPS) is 10.6. The van der Waals surface area contributed by atoms with Gasteiger partial charge in [0.05, 0.1) is 13.2 Å². The Hall–Kier alpha value is -4.39. The molecule has 1 aromatic heterocycles. The standard InChI is InChI=1S/C28H28N4O3/c1-3-35-27(33)25-26(30-24(31(25)2)19-21-13-7-4-8-14-21)32(20-22-15-9-5-10-16-22)28(34)29-23-17-11-6-12-18-23/h4-18H,3,19-20H2,1-2H3,(H,29,34). The van der Waals surface area contributed by atoms with Crippen LogP contribution in [0.25, 0.3) is 0 Å². The lowest BCUT2D eigenvalue weighted by Crippen LogP contribution is -2.36. The van der Waals surface area contributed by atoms with Gasteiger partial charge in [-0.2, -0.15) is 0 Å². The Morgan fingerprint density at radius 3 is 2.06 bits per heavy atom. The van der Waals surface area contributed by atoms with Gasteiger partial charge in [-0.05, 0) is 30.2 Å². The number of para-hydroxylation sites is 1. The lowest BCUT2D eigenvalue weighted by molar-refractivity contribution is 0.0516. The number of nitrogens with zero attached hydrogens (tertiary/aromatic N) is 3. The first kappa shape index (κ1) is 23.8. The molecule has 0 atom stereocenters. The van der Waals surface area contributed by atoms with Crippen molar-refractivity contribution >= 4 is 23.5 Å². The van der Waals surface area contributed by atoms with Crippen molar-refractivity contribution < 1.29 is 14.3 Å². The molecule has 3 aromatic carbocycles. The summed E-state index contributed by atoms with van der Waals surface area (Å²) in [6.45, 7) is 2.20. The molecule has 0 saturated carbocycles. The molecule has 0 aliphatic rings. The van der Waals surface area contributed by atoms with Crippen molar-refractivity contribution in [3.05, 3.63) is 114 Å². The predicted molar refractivity (Wildman–Crippen MR) is 136 cm³/mol. The lowest BCUT2D eigenvalue weighted by atomic mass is 10.1. The van der Waals surface area contributed by atoms with Gasteiger partial charge in [-0.1, -0.05) is 78.9 Å². The third kappa shape index (κ3) is 5.76. The van der Waals surface area contributed by atoms with E-state index in [9.17, 15) is 9.59 Å². The number of rotatable bonds is 8. The second kappa shape index (κ2) is 11.2. The number of anilines is 2. The number of nitrogens with one attached hydrogen (secondary N) is 1. The molecule has 1 heterocycles. The van der Waals surface area contributed by atoms with Crippen LogP contribution in [0, 0.1) is 0 Å². The zero-order chi connectivity index (χ0) is 24.6. The third-order valence-corrected chi connectivity index (χ3v) is 5.55. The summed E-state index contributed by atoms with van der Waals surface area (Å²) in [4.78, 5) is 32.9. The number of carbonyl (C=O) groups is 2. The Morgan fingerprint density at radius 2 is 1.46 bits per heavy atom. The molecule has 4 aromatic rings. The summed E-state index contributed by atoms with van der Waals surface area (Å²) in [6, 6.07) is 28.3. The van der Waals surface area contributed by atoms with Crippen molar-refractivity contribution in [1.29, 1.82) is 0 Å². The van der Waals surface area contributed by atoms with Crippen LogP contribution in [-0.4, -0.2) is 28.2 Å². The largest absolute Gasteiger partial charge is 0.461 e. The van der Waals surface area contributed by atoms with E-state index in [0.29, 0.717) is 17.9 Å². The van der Waals surface area contributed by atoms with E-state index in [4.69, 9.17) is 9.72 Å². The van der Waals surface area contributed by atoms with Crippen LogP contribution in [0.5, 0.6) is 0 Å². The van der Waals surface area contributed by atoms with Crippen LogP contribution in [0.4, 0.5) is 16.3 Å². The number of esters is 1. The first-order valence-corrected chi connectivity index (χ1v) is 11.5. The van der Waals surface area contributed by atoms with Crippen molar-refractivity contribution in [1.82, 2.24) is 9.55 Å². The number of ether oxygens (including phenoxy) is 1. The van der Waals surface area contributed by atoms with Gasteiger partial charge in [-0.15, -0.1) is 0 Å². The average Bonchev–Trinajstić information content (AvgIpc) is 3.20. The average molecular weight is 469 g/mol. The first-order valence-electron chi connectivity index (χ1n) is 11.5. The Morgan fingerprint density at radius 1 is 0.886 bits per heavy atom. The van der Waals surface area contributed by atoms with E-state index in [1.165, 1.54) is 4.90 Å². The highest BCUT2D eigenvalue weighted by Gasteiger charge is 2.30. The Labute approximate surface area is 205 Å². The summed E-state index contributed by atoms with van der Waals surface area (Å²) in [5.74, 6) is 0.386. The molecule has 0 unspecified atom stereocenters. The summed E-state index contributed by atoms with van der Waals surface area (Å²) >= 11 is 0. The molecule has 35 heavy (non-hydrogen) atoms. The number of imidazole rings is 1. The molecule has 0 radical (unpaired) electrons. The minimum atomic E-state index is -0.526. The molecule has 7 heteroatoms. The zero-order valence-electron chi connectivity index (χ0n) is 19.8. The SMILES string of the molecule is CCOC(=O)c1c(N(Cc2ccccc2)C(=O)Nc2ccccc2)nc(Cc2ccccc2)n1C. The van der Waals surface area contributed by atoms with Crippen molar-refractivity contribution in [3.63, 3.8) is 0 Å². The van der Waals surface area contributed by atoms with Gasteiger partial charge in [0.1, 0.15) is 5.82 Å². The zero-order valence-corrected chi connectivity index (χ0v) is 19.8. The monoisotopic (exact) mass is 468 g/mol. The van der Waals surface area contributed by atoms with E-state index >= 15 is 0 Å². The lowest BCUT2D eigenvalue weighted by Gasteiger charge is -2.22. The molecule has 0 aliphatic heterocycles. The number of aromatic nitrogens is 2. The van der Waals surface area contributed by atoms with Crippen LogP contribution < -0.4 is 10.2 Å². The van der Waals surface area contributed by atoms with Crippen LogP contribution in [0.2, 0.25) is 0 Å².